The zero-order valence-corrected chi connectivity index (χ0v) is 9.59. The van der Waals surface area contributed by atoms with Crippen LogP contribution in [0.1, 0.15) is 45.5 Å². The second-order valence-corrected chi connectivity index (χ2v) is 3.16. The fourth-order valence-corrected chi connectivity index (χ4v) is 1.08. The van der Waals surface area contributed by atoms with E-state index in [1.54, 1.807) is 0 Å². The zero-order chi connectivity index (χ0) is 10.3. The summed E-state index contributed by atoms with van der Waals surface area (Å²) in [6, 6.07) is 2.17. The molecule has 0 fully saturated rings. The van der Waals surface area contributed by atoms with Gasteiger partial charge in [-0.3, -0.25) is 4.68 Å². The molecule has 0 N–H and O–H groups in total. The Hall–Kier alpha value is -0.790. The van der Waals surface area contributed by atoms with Gasteiger partial charge in [-0.25, -0.2) is 0 Å². The molecule has 2 heteroatoms. The van der Waals surface area contributed by atoms with Crippen molar-refractivity contribution in [3.05, 3.63) is 17.5 Å². The summed E-state index contributed by atoms with van der Waals surface area (Å²) >= 11 is 0. The molecule has 1 aromatic rings. The number of aryl methyl sites for hydroxylation is 3. The van der Waals surface area contributed by atoms with E-state index in [0.717, 1.165) is 12.8 Å². The monoisotopic (exact) mass is 182 g/mol. The second kappa shape index (κ2) is 6.70. The van der Waals surface area contributed by atoms with Crippen molar-refractivity contribution >= 4 is 0 Å². The Bertz CT molecular complexity index is 226. The maximum atomic E-state index is 4.32. The lowest BCUT2D eigenvalue weighted by Crippen LogP contribution is -1.95. The lowest BCUT2D eigenvalue weighted by molar-refractivity contribution is 0.705. The molecule has 0 spiro atoms. The maximum absolute atomic E-state index is 4.32. The molecule has 1 rings (SSSR count). The minimum absolute atomic E-state index is 1.04. The van der Waals surface area contributed by atoms with Crippen LogP contribution in [0.5, 0.6) is 0 Å². The largest absolute Gasteiger partial charge is 0.272 e. The van der Waals surface area contributed by atoms with E-state index in [4.69, 9.17) is 0 Å². The molecule has 0 aliphatic heterocycles. The second-order valence-electron chi connectivity index (χ2n) is 3.16. The van der Waals surface area contributed by atoms with Crippen LogP contribution in [0.4, 0.5) is 0 Å². The Kier molecular flexibility index (Phi) is 6.29. The number of nitrogens with zero attached hydrogens (tertiary/aromatic N) is 2. The SMILES string of the molecule is CCC.CCc1cc(CC)n(C)n1. The van der Waals surface area contributed by atoms with Gasteiger partial charge in [0.25, 0.3) is 0 Å². The summed E-state index contributed by atoms with van der Waals surface area (Å²) in [7, 11) is 2.00. The Labute approximate surface area is 82.0 Å². The van der Waals surface area contributed by atoms with Gasteiger partial charge in [-0.05, 0) is 18.9 Å². The molecule has 0 aromatic carbocycles. The molecule has 0 aliphatic rings. The van der Waals surface area contributed by atoms with Crippen LogP contribution in [0, 0.1) is 0 Å². The molecule has 0 saturated carbocycles. The molecule has 0 atom stereocenters. The van der Waals surface area contributed by atoms with Gasteiger partial charge < -0.3 is 0 Å². The average Bonchev–Trinajstić information content (AvgIpc) is 2.47. The van der Waals surface area contributed by atoms with Gasteiger partial charge in [-0.1, -0.05) is 34.1 Å². The summed E-state index contributed by atoms with van der Waals surface area (Å²) in [6.07, 6.45) is 3.36. The standard InChI is InChI=1S/C8H14N2.C3H8/c1-4-7-6-8(5-2)10(3)9-7;1-3-2/h6H,4-5H2,1-3H3;3H2,1-2H3. The first-order chi connectivity index (χ1) is 6.19. The fraction of sp³-hybridized carbons (Fsp3) is 0.727. The molecular weight excluding hydrogens is 160 g/mol. The van der Waals surface area contributed by atoms with Gasteiger partial charge in [0.05, 0.1) is 5.69 Å². The molecule has 0 radical (unpaired) electrons. The van der Waals surface area contributed by atoms with Crippen LogP contribution in [-0.4, -0.2) is 9.78 Å². The van der Waals surface area contributed by atoms with Crippen LogP contribution in [0.15, 0.2) is 6.07 Å². The Balaban J connectivity index is 0.000000424. The Morgan fingerprint density at radius 1 is 1.15 bits per heavy atom. The lowest BCUT2D eigenvalue weighted by atomic mass is 10.3. The van der Waals surface area contributed by atoms with Crippen molar-refractivity contribution in [1.82, 2.24) is 9.78 Å². The van der Waals surface area contributed by atoms with Gasteiger partial charge in [0, 0.05) is 12.7 Å². The van der Waals surface area contributed by atoms with Crippen molar-refractivity contribution in [2.75, 3.05) is 0 Å². The first kappa shape index (κ1) is 12.2. The molecule has 76 valence electrons. The number of rotatable bonds is 2. The van der Waals surface area contributed by atoms with E-state index in [1.807, 2.05) is 11.7 Å². The van der Waals surface area contributed by atoms with Crippen LogP contribution >= 0.6 is 0 Å². The quantitative estimate of drug-likeness (QED) is 0.687. The van der Waals surface area contributed by atoms with Gasteiger partial charge in [0.2, 0.25) is 0 Å². The topological polar surface area (TPSA) is 17.8 Å². The van der Waals surface area contributed by atoms with E-state index in [1.165, 1.54) is 17.8 Å². The molecule has 2 nitrogen and oxygen atoms in total. The van der Waals surface area contributed by atoms with E-state index in [9.17, 15) is 0 Å². The Morgan fingerprint density at radius 3 is 1.92 bits per heavy atom. The molecule has 0 amide bonds. The first-order valence-electron chi connectivity index (χ1n) is 5.21. The van der Waals surface area contributed by atoms with Crippen molar-refractivity contribution < 1.29 is 0 Å². The highest BCUT2D eigenvalue weighted by atomic mass is 15.3. The number of hydrogen-bond donors (Lipinski definition) is 0. The summed E-state index contributed by atoms with van der Waals surface area (Å²) < 4.78 is 1.96. The minimum Gasteiger partial charge on any atom is -0.272 e. The molecule has 1 heterocycles. The van der Waals surface area contributed by atoms with Gasteiger partial charge in [-0.15, -0.1) is 0 Å². The van der Waals surface area contributed by atoms with Crippen LogP contribution in [-0.2, 0) is 19.9 Å². The summed E-state index contributed by atoms with van der Waals surface area (Å²) in [6.45, 7) is 8.53. The van der Waals surface area contributed by atoms with E-state index in [-0.39, 0.29) is 0 Å². The van der Waals surface area contributed by atoms with Crippen LogP contribution in [0.2, 0.25) is 0 Å². The predicted molar refractivity (Wildman–Crippen MR) is 57.9 cm³/mol. The minimum atomic E-state index is 1.04. The molecule has 0 unspecified atom stereocenters. The summed E-state index contributed by atoms with van der Waals surface area (Å²) in [5.41, 5.74) is 2.51. The van der Waals surface area contributed by atoms with Gasteiger partial charge in [0.1, 0.15) is 0 Å². The molecule has 0 aliphatic carbocycles. The molecule has 1 aromatic heterocycles. The van der Waals surface area contributed by atoms with Crippen LogP contribution < -0.4 is 0 Å². The summed E-state index contributed by atoms with van der Waals surface area (Å²) in [5.74, 6) is 0. The van der Waals surface area contributed by atoms with E-state index < -0.39 is 0 Å². The molecule has 0 saturated heterocycles. The third-order valence-electron chi connectivity index (χ3n) is 1.75. The van der Waals surface area contributed by atoms with Crippen molar-refractivity contribution in [3.8, 4) is 0 Å². The van der Waals surface area contributed by atoms with Crippen molar-refractivity contribution in [1.29, 1.82) is 0 Å². The van der Waals surface area contributed by atoms with Crippen molar-refractivity contribution in [2.45, 2.75) is 47.0 Å². The maximum Gasteiger partial charge on any atom is 0.0624 e. The zero-order valence-electron chi connectivity index (χ0n) is 9.59. The predicted octanol–water partition coefficient (Wildman–Crippen LogP) is 2.96. The molecular formula is C11H22N2. The number of aromatic nitrogens is 2. The van der Waals surface area contributed by atoms with Gasteiger partial charge >= 0.3 is 0 Å². The van der Waals surface area contributed by atoms with Crippen molar-refractivity contribution in [3.63, 3.8) is 0 Å². The van der Waals surface area contributed by atoms with E-state index >= 15 is 0 Å². The van der Waals surface area contributed by atoms with Crippen molar-refractivity contribution in [2.24, 2.45) is 7.05 Å². The normalized spacial score (nSPS) is 9.31. The Morgan fingerprint density at radius 2 is 1.69 bits per heavy atom. The molecule has 13 heavy (non-hydrogen) atoms. The van der Waals surface area contributed by atoms with E-state index in [0.29, 0.717) is 0 Å². The first-order valence-corrected chi connectivity index (χ1v) is 5.21. The van der Waals surface area contributed by atoms with Gasteiger partial charge in [0.15, 0.2) is 0 Å². The third-order valence-corrected chi connectivity index (χ3v) is 1.75. The van der Waals surface area contributed by atoms with Gasteiger partial charge in [-0.2, -0.15) is 5.10 Å². The third kappa shape index (κ3) is 4.11. The summed E-state index contributed by atoms with van der Waals surface area (Å²) in [5, 5.41) is 4.32. The van der Waals surface area contributed by atoms with Crippen LogP contribution in [0.3, 0.4) is 0 Å². The molecule has 0 bridgehead atoms. The van der Waals surface area contributed by atoms with E-state index in [2.05, 4.69) is 38.9 Å². The highest BCUT2D eigenvalue weighted by molar-refractivity contribution is 5.09. The highest BCUT2D eigenvalue weighted by Gasteiger charge is 1.99. The average molecular weight is 182 g/mol. The smallest absolute Gasteiger partial charge is 0.0624 e. The highest BCUT2D eigenvalue weighted by Crippen LogP contribution is 2.03. The number of hydrogen-bond acceptors (Lipinski definition) is 1. The fourth-order valence-electron chi connectivity index (χ4n) is 1.08. The van der Waals surface area contributed by atoms with Crippen LogP contribution in [0.25, 0.3) is 0 Å². The lowest BCUT2D eigenvalue weighted by Gasteiger charge is -1.92. The summed E-state index contributed by atoms with van der Waals surface area (Å²) in [4.78, 5) is 0.